The minimum Gasteiger partial charge on any atom is -0.345 e. The van der Waals surface area contributed by atoms with Crippen LogP contribution in [0.1, 0.15) is 16.2 Å². The van der Waals surface area contributed by atoms with Gasteiger partial charge in [-0.2, -0.15) is 0 Å². The molecule has 5 aromatic rings. The van der Waals surface area contributed by atoms with Gasteiger partial charge in [0.05, 0.1) is 17.3 Å². The lowest BCUT2D eigenvalue weighted by Gasteiger charge is -2.08. The Morgan fingerprint density at radius 2 is 1.67 bits per heavy atom. The first kappa shape index (κ1) is 21.4. The van der Waals surface area contributed by atoms with Crippen molar-refractivity contribution in [2.24, 2.45) is 0 Å². The Kier molecular flexibility index (Phi) is 5.72. The summed E-state index contributed by atoms with van der Waals surface area (Å²) >= 11 is 18.5. The molecule has 0 fully saturated rings. The first-order valence-electron chi connectivity index (χ1n) is 9.66. The monoisotopic (exact) mass is 498 g/mol. The number of carbonyl (C=O) groups excluding carboxylic acids is 1. The molecule has 0 bridgehead atoms. The number of nitrogens with zero attached hydrogens (tertiary/aromatic N) is 5. The number of benzene rings is 3. The van der Waals surface area contributed by atoms with Gasteiger partial charge >= 0.3 is 0 Å². The van der Waals surface area contributed by atoms with Gasteiger partial charge in [0.25, 0.3) is 5.91 Å². The minimum atomic E-state index is -0.311. The molecule has 0 spiro atoms. The summed E-state index contributed by atoms with van der Waals surface area (Å²) in [6, 6.07) is 17.2. The molecule has 0 radical (unpaired) electrons. The van der Waals surface area contributed by atoms with Gasteiger partial charge in [-0.15, -0.1) is 5.10 Å². The van der Waals surface area contributed by atoms with Crippen LogP contribution in [0, 0.1) is 0 Å². The number of hydrogen-bond donors (Lipinski definition) is 1. The van der Waals surface area contributed by atoms with Crippen LogP contribution < -0.4 is 5.32 Å². The van der Waals surface area contributed by atoms with Crippen LogP contribution in [0.5, 0.6) is 0 Å². The van der Waals surface area contributed by atoms with E-state index in [1.807, 2.05) is 12.1 Å². The highest BCUT2D eigenvalue weighted by Gasteiger charge is 2.17. The van der Waals surface area contributed by atoms with Crippen LogP contribution in [-0.4, -0.2) is 31.0 Å². The predicted octanol–water partition coefficient (Wildman–Crippen LogP) is 5.36. The number of fused-ring (bicyclic) bond motifs is 1. The molecule has 0 unspecified atom stereocenters. The minimum absolute atomic E-state index is 0.0900. The third-order valence-electron chi connectivity index (χ3n) is 4.81. The van der Waals surface area contributed by atoms with Gasteiger partial charge in [-0.25, -0.2) is 14.3 Å². The third-order valence-corrected chi connectivity index (χ3v) is 5.60. The summed E-state index contributed by atoms with van der Waals surface area (Å²) in [4.78, 5) is 17.3. The van der Waals surface area contributed by atoms with Gasteiger partial charge in [0, 0.05) is 21.2 Å². The summed E-state index contributed by atoms with van der Waals surface area (Å²) < 4.78 is 6.28. The van der Waals surface area contributed by atoms with Crippen LogP contribution in [0.15, 0.2) is 65.3 Å². The highest BCUT2D eigenvalue weighted by Crippen LogP contribution is 2.29. The maximum atomic E-state index is 12.6. The van der Waals surface area contributed by atoms with E-state index in [1.54, 1.807) is 53.2 Å². The van der Waals surface area contributed by atoms with Crippen molar-refractivity contribution >= 4 is 51.7 Å². The molecule has 0 saturated heterocycles. The van der Waals surface area contributed by atoms with Crippen LogP contribution in [0.2, 0.25) is 15.1 Å². The zero-order chi connectivity index (χ0) is 22.9. The smallest absolute Gasteiger partial charge is 0.251 e. The Bertz CT molecular complexity index is 1480. The Morgan fingerprint density at radius 3 is 2.45 bits per heavy atom. The number of nitrogens with one attached hydrogen (secondary N) is 1. The average molecular weight is 500 g/mol. The zero-order valence-corrected chi connectivity index (χ0v) is 18.9. The van der Waals surface area contributed by atoms with Gasteiger partial charge in [-0.1, -0.05) is 34.8 Å². The lowest BCUT2D eigenvalue weighted by atomic mass is 10.2. The number of aromatic nitrogens is 5. The molecule has 3 aromatic carbocycles. The number of rotatable bonds is 5. The van der Waals surface area contributed by atoms with Gasteiger partial charge in [0.1, 0.15) is 11.0 Å². The molecule has 33 heavy (non-hydrogen) atoms. The molecule has 2 heterocycles. The number of halogens is 3. The number of hydrogen-bond acceptors (Lipinski definition) is 6. The second-order valence-electron chi connectivity index (χ2n) is 7.02. The summed E-state index contributed by atoms with van der Waals surface area (Å²) in [7, 11) is 0. The number of amides is 1. The molecule has 0 atom stereocenters. The van der Waals surface area contributed by atoms with E-state index < -0.39 is 0 Å². The molecule has 8 nitrogen and oxygen atoms in total. The molecular weight excluding hydrogens is 487 g/mol. The Hall–Kier alpha value is -3.46. The van der Waals surface area contributed by atoms with Crippen molar-refractivity contribution in [3.8, 4) is 17.1 Å². The summed E-state index contributed by atoms with van der Waals surface area (Å²) in [5.74, 6) is 0.618. The fraction of sp³-hybridized carbons (Fsp3) is 0.0455. The van der Waals surface area contributed by atoms with Crippen LogP contribution in [-0.2, 0) is 6.54 Å². The predicted molar refractivity (Wildman–Crippen MR) is 125 cm³/mol. The molecular formula is C22H13Cl3N6O2. The highest BCUT2D eigenvalue weighted by atomic mass is 35.5. The van der Waals surface area contributed by atoms with Crippen molar-refractivity contribution < 1.29 is 9.42 Å². The lowest BCUT2D eigenvalue weighted by Crippen LogP contribution is -2.23. The topological polar surface area (TPSA) is 98.7 Å². The molecule has 0 saturated carbocycles. The Labute approximate surface area is 202 Å². The van der Waals surface area contributed by atoms with Crippen molar-refractivity contribution in [3.63, 3.8) is 0 Å². The summed E-state index contributed by atoms with van der Waals surface area (Å²) in [5, 5.41) is 16.4. The fourth-order valence-electron chi connectivity index (χ4n) is 3.22. The van der Waals surface area contributed by atoms with E-state index in [-0.39, 0.29) is 12.5 Å². The molecule has 5 rings (SSSR count). The van der Waals surface area contributed by atoms with Crippen molar-refractivity contribution in [2.45, 2.75) is 6.54 Å². The van der Waals surface area contributed by atoms with Crippen molar-refractivity contribution in [1.29, 1.82) is 0 Å². The van der Waals surface area contributed by atoms with E-state index in [1.165, 1.54) is 0 Å². The quantitative estimate of drug-likeness (QED) is 0.349. The van der Waals surface area contributed by atoms with Gasteiger partial charge < -0.3 is 5.32 Å². The van der Waals surface area contributed by atoms with E-state index in [0.29, 0.717) is 49.0 Å². The molecule has 0 aliphatic rings. The highest BCUT2D eigenvalue weighted by molar-refractivity contribution is 6.35. The maximum Gasteiger partial charge on any atom is 0.251 e. The first-order valence-corrected chi connectivity index (χ1v) is 10.8. The van der Waals surface area contributed by atoms with E-state index in [2.05, 4.69) is 30.3 Å². The number of carbonyl (C=O) groups is 1. The molecule has 0 aliphatic heterocycles. The van der Waals surface area contributed by atoms with E-state index in [0.717, 1.165) is 5.56 Å². The standard InChI is InChI=1S/C22H13Cl3N6O2/c23-14-4-1-12(2-5-14)21-27-20(28-31(21)19-8-6-15(24)10-16(19)25)11-26-22(32)13-3-7-17-18(9-13)30-33-29-17/h1-10H,11H2,(H,26,32). The summed E-state index contributed by atoms with van der Waals surface area (Å²) in [5.41, 5.74) is 2.85. The second-order valence-corrected chi connectivity index (χ2v) is 8.30. The van der Waals surface area contributed by atoms with Gasteiger partial charge in [-0.3, -0.25) is 4.79 Å². The van der Waals surface area contributed by atoms with Crippen molar-refractivity contribution in [1.82, 2.24) is 30.4 Å². The van der Waals surface area contributed by atoms with Crippen molar-refractivity contribution in [2.75, 3.05) is 0 Å². The van der Waals surface area contributed by atoms with Gasteiger partial charge in [0.15, 0.2) is 11.6 Å². The third kappa shape index (κ3) is 4.41. The largest absolute Gasteiger partial charge is 0.345 e. The zero-order valence-electron chi connectivity index (χ0n) is 16.7. The van der Waals surface area contributed by atoms with E-state index in [9.17, 15) is 4.79 Å². The normalized spacial score (nSPS) is 11.1. The summed E-state index contributed by atoms with van der Waals surface area (Å²) in [6.45, 7) is 0.0900. The second kappa shape index (κ2) is 8.82. The first-order chi connectivity index (χ1) is 16.0. The molecule has 2 aromatic heterocycles. The van der Waals surface area contributed by atoms with Crippen LogP contribution in [0.4, 0.5) is 0 Å². The van der Waals surface area contributed by atoms with Gasteiger partial charge in [-0.05, 0) is 71.0 Å². The Morgan fingerprint density at radius 1 is 0.909 bits per heavy atom. The maximum absolute atomic E-state index is 12.6. The SMILES string of the molecule is O=C(NCc1nc(-c2ccc(Cl)cc2)n(-c2ccc(Cl)cc2Cl)n1)c1ccc2nonc2c1. The summed E-state index contributed by atoms with van der Waals surface area (Å²) in [6.07, 6.45) is 0. The van der Waals surface area contributed by atoms with Crippen molar-refractivity contribution in [3.05, 3.63) is 87.1 Å². The molecule has 0 aliphatic carbocycles. The molecule has 1 amide bonds. The lowest BCUT2D eigenvalue weighted by molar-refractivity contribution is 0.0950. The van der Waals surface area contributed by atoms with Crippen LogP contribution >= 0.6 is 34.8 Å². The molecule has 1 N–H and O–H groups in total. The van der Waals surface area contributed by atoms with Gasteiger partial charge in [0.2, 0.25) is 0 Å². The van der Waals surface area contributed by atoms with E-state index >= 15 is 0 Å². The molecule has 164 valence electrons. The van der Waals surface area contributed by atoms with E-state index in [4.69, 9.17) is 34.8 Å². The Balaban J connectivity index is 1.46. The van der Waals surface area contributed by atoms with Crippen LogP contribution in [0.3, 0.4) is 0 Å². The van der Waals surface area contributed by atoms with Crippen LogP contribution in [0.25, 0.3) is 28.1 Å². The fourth-order valence-corrected chi connectivity index (χ4v) is 3.84. The molecule has 11 heteroatoms. The average Bonchev–Trinajstić information content (AvgIpc) is 3.44.